The molecule has 3 nitrogen and oxygen atoms in total. The number of halogens is 2. The molecule has 2 aromatic carbocycles. The highest BCUT2D eigenvalue weighted by atomic mass is 79.9. The standard InChI is InChI=1S/C17H19BrClNO2/c1-3-8-22-17-12(9-13(18)10-16(17)21-2)11-20-15-6-4-14(19)5-7-15/h4-7,9-10,20H,3,8,11H2,1-2H3. The molecule has 0 heterocycles. The van der Waals surface area contributed by atoms with Gasteiger partial charge in [-0.25, -0.2) is 0 Å². The zero-order chi connectivity index (χ0) is 15.9. The first kappa shape index (κ1) is 17.0. The summed E-state index contributed by atoms with van der Waals surface area (Å²) in [4.78, 5) is 0. The summed E-state index contributed by atoms with van der Waals surface area (Å²) in [7, 11) is 1.65. The fourth-order valence-electron chi connectivity index (χ4n) is 2.04. The summed E-state index contributed by atoms with van der Waals surface area (Å²) in [5.74, 6) is 1.52. The lowest BCUT2D eigenvalue weighted by atomic mass is 10.1. The van der Waals surface area contributed by atoms with E-state index in [0.29, 0.717) is 13.2 Å². The Hall–Kier alpha value is -1.39. The molecule has 2 aromatic rings. The maximum atomic E-state index is 5.90. The van der Waals surface area contributed by atoms with Crippen LogP contribution in [-0.4, -0.2) is 13.7 Å². The molecule has 1 N–H and O–H groups in total. The smallest absolute Gasteiger partial charge is 0.166 e. The molecule has 0 bridgehead atoms. The molecule has 0 fully saturated rings. The zero-order valence-electron chi connectivity index (χ0n) is 12.7. The predicted molar refractivity (Wildman–Crippen MR) is 95.3 cm³/mol. The molecule has 0 amide bonds. The number of methoxy groups -OCH3 is 1. The summed E-state index contributed by atoms with van der Waals surface area (Å²) in [5.41, 5.74) is 2.04. The highest BCUT2D eigenvalue weighted by Gasteiger charge is 2.12. The Morgan fingerprint density at radius 1 is 1.18 bits per heavy atom. The van der Waals surface area contributed by atoms with Crippen molar-refractivity contribution in [2.75, 3.05) is 19.0 Å². The monoisotopic (exact) mass is 383 g/mol. The number of benzene rings is 2. The van der Waals surface area contributed by atoms with E-state index in [4.69, 9.17) is 21.1 Å². The largest absolute Gasteiger partial charge is 0.493 e. The Labute approximate surface area is 144 Å². The number of hydrogen-bond donors (Lipinski definition) is 1. The Kier molecular flexibility index (Phi) is 6.40. The highest BCUT2D eigenvalue weighted by Crippen LogP contribution is 2.35. The van der Waals surface area contributed by atoms with E-state index in [-0.39, 0.29) is 0 Å². The van der Waals surface area contributed by atoms with Gasteiger partial charge in [0.1, 0.15) is 0 Å². The summed E-state index contributed by atoms with van der Waals surface area (Å²) in [6.07, 6.45) is 0.948. The van der Waals surface area contributed by atoms with Gasteiger partial charge < -0.3 is 14.8 Å². The number of anilines is 1. The molecule has 118 valence electrons. The highest BCUT2D eigenvalue weighted by molar-refractivity contribution is 9.10. The van der Waals surface area contributed by atoms with E-state index in [1.54, 1.807) is 7.11 Å². The second-order valence-electron chi connectivity index (χ2n) is 4.81. The van der Waals surface area contributed by atoms with Gasteiger partial charge in [-0.2, -0.15) is 0 Å². The van der Waals surface area contributed by atoms with E-state index in [2.05, 4.69) is 28.2 Å². The van der Waals surface area contributed by atoms with Crippen LogP contribution in [0.2, 0.25) is 5.02 Å². The van der Waals surface area contributed by atoms with Crippen molar-refractivity contribution in [3.05, 3.63) is 51.5 Å². The average molecular weight is 385 g/mol. The van der Waals surface area contributed by atoms with Gasteiger partial charge in [0.2, 0.25) is 0 Å². The third-order valence-corrected chi connectivity index (χ3v) is 3.80. The van der Waals surface area contributed by atoms with E-state index in [1.165, 1.54) is 0 Å². The minimum Gasteiger partial charge on any atom is -0.493 e. The molecule has 22 heavy (non-hydrogen) atoms. The summed E-state index contributed by atoms with van der Waals surface area (Å²) in [6.45, 7) is 3.37. The van der Waals surface area contributed by atoms with Gasteiger partial charge in [0.15, 0.2) is 11.5 Å². The van der Waals surface area contributed by atoms with Crippen molar-refractivity contribution in [2.45, 2.75) is 19.9 Å². The molecule has 0 saturated carbocycles. The van der Waals surface area contributed by atoms with Gasteiger partial charge in [0.05, 0.1) is 13.7 Å². The van der Waals surface area contributed by atoms with Gasteiger partial charge in [0.25, 0.3) is 0 Å². The molecular weight excluding hydrogens is 366 g/mol. The Bertz CT molecular complexity index is 617. The number of rotatable bonds is 7. The van der Waals surface area contributed by atoms with Crippen molar-refractivity contribution in [3.63, 3.8) is 0 Å². The predicted octanol–water partition coefficient (Wildman–Crippen LogP) is 5.51. The molecule has 0 unspecified atom stereocenters. The molecule has 0 aliphatic carbocycles. The summed E-state index contributed by atoms with van der Waals surface area (Å²) >= 11 is 9.41. The second kappa shape index (κ2) is 8.30. The number of hydrogen-bond acceptors (Lipinski definition) is 3. The fraction of sp³-hybridized carbons (Fsp3) is 0.294. The van der Waals surface area contributed by atoms with Gasteiger partial charge in [-0.1, -0.05) is 34.5 Å². The maximum absolute atomic E-state index is 5.90. The lowest BCUT2D eigenvalue weighted by molar-refractivity contribution is 0.291. The summed E-state index contributed by atoms with van der Waals surface area (Å²) < 4.78 is 12.3. The van der Waals surface area contributed by atoms with Gasteiger partial charge >= 0.3 is 0 Å². The first-order chi connectivity index (χ1) is 10.6. The maximum Gasteiger partial charge on any atom is 0.166 e. The van der Waals surface area contributed by atoms with E-state index < -0.39 is 0 Å². The Morgan fingerprint density at radius 3 is 2.55 bits per heavy atom. The molecule has 0 aromatic heterocycles. The summed E-state index contributed by atoms with van der Waals surface area (Å²) in [6, 6.07) is 11.6. The topological polar surface area (TPSA) is 30.5 Å². The van der Waals surface area contributed by atoms with Crippen LogP contribution in [0.15, 0.2) is 40.9 Å². The number of ether oxygens (including phenoxy) is 2. The molecular formula is C17H19BrClNO2. The second-order valence-corrected chi connectivity index (χ2v) is 6.16. The molecule has 5 heteroatoms. The van der Waals surface area contributed by atoms with Crippen LogP contribution in [0.3, 0.4) is 0 Å². The van der Waals surface area contributed by atoms with Gasteiger partial charge in [0, 0.05) is 27.3 Å². The van der Waals surface area contributed by atoms with Gasteiger partial charge in [-0.05, 0) is 42.8 Å². The van der Waals surface area contributed by atoms with Crippen LogP contribution in [0.1, 0.15) is 18.9 Å². The summed E-state index contributed by atoms with van der Waals surface area (Å²) in [5, 5.41) is 4.09. The van der Waals surface area contributed by atoms with Crippen molar-refractivity contribution in [1.82, 2.24) is 0 Å². The number of nitrogens with one attached hydrogen (secondary N) is 1. The van der Waals surface area contributed by atoms with Crippen molar-refractivity contribution < 1.29 is 9.47 Å². The minimum absolute atomic E-state index is 0.635. The van der Waals surface area contributed by atoms with Gasteiger partial charge in [-0.3, -0.25) is 0 Å². The van der Waals surface area contributed by atoms with Crippen LogP contribution < -0.4 is 14.8 Å². The van der Waals surface area contributed by atoms with Crippen LogP contribution in [0.5, 0.6) is 11.5 Å². The van der Waals surface area contributed by atoms with E-state index in [9.17, 15) is 0 Å². The first-order valence-electron chi connectivity index (χ1n) is 7.12. The van der Waals surface area contributed by atoms with Gasteiger partial charge in [-0.15, -0.1) is 0 Å². The molecule has 0 radical (unpaired) electrons. The van der Waals surface area contributed by atoms with E-state index in [1.807, 2.05) is 36.4 Å². The lowest BCUT2D eigenvalue weighted by Crippen LogP contribution is -2.06. The van der Waals surface area contributed by atoms with Crippen molar-refractivity contribution in [1.29, 1.82) is 0 Å². The Balaban J connectivity index is 2.20. The molecule has 0 saturated heterocycles. The van der Waals surface area contributed by atoms with Crippen LogP contribution >= 0.6 is 27.5 Å². The van der Waals surface area contributed by atoms with Crippen molar-refractivity contribution in [2.24, 2.45) is 0 Å². The molecule has 2 rings (SSSR count). The van der Waals surface area contributed by atoms with Crippen molar-refractivity contribution >= 4 is 33.2 Å². The molecule has 0 atom stereocenters. The SMILES string of the molecule is CCCOc1c(CNc2ccc(Cl)cc2)cc(Br)cc1OC. The quantitative estimate of drug-likeness (QED) is 0.682. The fourth-order valence-corrected chi connectivity index (χ4v) is 2.65. The van der Waals surface area contributed by atoms with E-state index in [0.717, 1.165) is 38.7 Å². The average Bonchev–Trinajstić information content (AvgIpc) is 2.52. The normalized spacial score (nSPS) is 10.4. The molecule has 0 spiro atoms. The van der Waals surface area contributed by atoms with Crippen LogP contribution in [-0.2, 0) is 6.54 Å². The van der Waals surface area contributed by atoms with Crippen LogP contribution in [0, 0.1) is 0 Å². The molecule has 0 aliphatic rings. The zero-order valence-corrected chi connectivity index (χ0v) is 15.0. The third kappa shape index (κ3) is 4.55. The lowest BCUT2D eigenvalue weighted by Gasteiger charge is -2.16. The third-order valence-electron chi connectivity index (χ3n) is 3.09. The first-order valence-corrected chi connectivity index (χ1v) is 8.29. The Morgan fingerprint density at radius 2 is 1.91 bits per heavy atom. The minimum atomic E-state index is 0.635. The van der Waals surface area contributed by atoms with Crippen LogP contribution in [0.4, 0.5) is 5.69 Å². The van der Waals surface area contributed by atoms with Crippen LogP contribution in [0.25, 0.3) is 0 Å². The van der Waals surface area contributed by atoms with E-state index >= 15 is 0 Å². The van der Waals surface area contributed by atoms with Crippen molar-refractivity contribution in [3.8, 4) is 11.5 Å². The molecule has 0 aliphatic heterocycles.